The molecule has 5 rings (SSSR count). The zero-order valence-corrected chi connectivity index (χ0v) is 19.7. The van der Waals surface area contributed by atoms with Gasteiger partial charge in [-0.1, -0.05) is 74.0 Å². The van der Waals surface area contributed by atoms with E-state index in [1.165, 1.54) is 5.56 Å². The number of H-pyrrole nitrogens is 1. The number of hydrogen-bond donors (Lipinski definition) is 2. The van der Waals surface area contributed by atoms with Gasteiger partial charge in [0.1, 0.15) is 5.82 Å². The number of rotatable bonds is 9. The number of nitrogen functional groups attached to an aromatic ring is 1. The molecule has 8 heteroatoms. The predicted molar refractivity (Wildman–Crippen MR) is 136 cm³/mol. The van der Waals surface area contributed by atoms with Crippen molar-refractivity contribution in [2.45, 2.75) is 39.2 Å². The van der Waals surface area contributed by atoms with Gasteiger partial charge in [-0.25, -0.2) is 14.8 Å². The van der Waals surface area contributed by atoms with E-state index in [1.54, 1.807) is 0 Å². The molecular weight excluding hydrogens is 436 g/mol. The number of anilines is 1. The van der Waals surface area contributed by atoms with Crippen LogP contribution >= 0.6 is 0 Å². The lowest BCUT2D eigenvalue weighted by atomic mass is 9.98. The number of nitrogens with zero attached hydrogens (tertiary/aromatic N) is 6. The van der Waals surface area contributed by atoms with Crippen LogP contribution in [0, 0.1) is 0 Å². The molecule has 0 radical (unpaired) electrons. The van der Waals surface area contributed by atoms with E-state index in [0.29, 0.717) is 12.4 Å². The summed E-state index contributed by atoms with van der Waals surface area (Å²) in [7, 11) is 0. The number of aryl methyl sites for hydroxylation is 1. The Hall–Kier alpha value is -4.33. The fourth-order valence-electron chi connectivity index (χ4n) is 4.12. The summed E-state index contributed by atoms with van der Waals surface area (Å²) in [5.74, 6) is 2.52. The fourth-order valence-corrected chi connectivity index (χ4v) is 4.12. The van der Waals surface area contributed by atoms with E-state index in [4.69, 9.17) is 15.8 Å². The number of aromatic nitrogens is 7. The highest BCUT2D eigenvalue weighted by Crippen LogP contribution is 2.29. The van der Waals surface area contributed by atoms with Crippen molar-refractivity contribution in [3.63, 3.8) is 0 Å². The third-order valence-electron chi connectivity index (χ3n) is 6.01. The van der Waals surface area contributed by atoms with E-state index in [0.717, 1.165) is 65.3 Å². The summed E-state index contributed by atoms with van der Waals surface area (Å²) in [6.07, 6.45) is 3.82. The molecule has 0 saturated heterocycles. The summed E-state index contributed by atoms with van der Waals surface area (Å²) in [6, 6.07) is 24.6. The molecule has 0 saturated carbocycles. The van der Waals surface area contributed by atoms with Crippen LogP contribution < -0.4 is 5.73 Å². The topological polar surface area (TPSA) is 111 Å². The molecule has 0 aliphatic carbocycles. The van der Waals surface area contributed by atoms with E-state index >= 15 is 0 Å². The van der Waals surface area contributed by atoms with Gasteiger partial charge >= 0.3 is 0 Å². The molecule has 2 aromatic heterocycles. The Bertz CT molecular complexity index is 1370. The molecule has 3 aromatic carbocycles. The third-order valence-corrected chi connectivity index (χ3v) is 6.01. The molecule has 0 aliphatic rings. The van der Waals surface area contributed by atoms with Gasteiger partial charge in [0.15, 0.2) is 11.6 Å². The molecule has 0 aliphatic heterocycles. The van der Waals surface area contributed by atoms with Gasteiger partial charge in [0.05, 0.1) is 6.54 Å². The van der Waals surface area contributed by atoms with Crippen molar-refractivity contribution in [1.29, 1.82) is 0 Å². The molecule has 3 N–H and O–H groups in total. The van der Waals surface area contributed by atoms with Crippen molar-refractivity contribution in [3.8, 4) is 22.5 Å². The molecular formula is C27H28N8. The third kappa shape index (κ3) is 5.27. The number of hydrogen-bond acceptors (Lipinski definition) is 6. The molecule has 5 aromatic rings. The van der Waals surface area contributed by atoms with Gasteiger partial charge in [0.2, 0.25) is 0 Å². The molecule has 0 bridgehead atoms. The first-order valence-electron chi connectivity index (χ1n) is 11.9. The summed E-state index contributed by atoms with van der Waals surface area (Å²) in [6.45, 7) is 2.85. The summed E-state index contributed by atoms with van der Waals surface area (Å²) in [4.78, 5) is 4.87. The van der Waals surface area contributed by atoms with Crippen LogP contribution in [0.4, 0.5) is 5.69 Å². The van der Waals surface area contributed by atoms with Gasteiger partial charge in [0, 0.05) is 24.1 Å². The minimum atomic E-state index is 0.652. The first kappa shape index (κ1) is 22.5. The highest BCUT2D eigenvalue weighted by atomic mass is 15.5. The number of unbranched alkanes of at least 4 members (excludes halogenated alkanes) is 1. The number of nitrogens with two attached hydrogens (primary N) is 1. The van der Waals surface area contributed by atoms with E-state index in [9.17, 15) is 0 Å². The molecule has 0 atom stereocenters. The number of nitrogens with one attached hydrogen (secondary N) is 1. The summed E-state index contributed by atoms with van der Waals surface area (Å²) < 4.78 is 2.03. The van der Waals surface area contributed by atoms with Crippen LogP contribution in [0.3, 0.4) is 0 Å². The normalized spacial score (nSPS) is 11.1. The van der Waals surface area contributed by atoms with Crippen molar-refractivity contribution in [1.82, 2.24) is 35.4 Å². The lowest BCUT2D eigenvalue weighted by Gasteiger charge is -2.10. The maximum atomic E-state index is 5.86. The Labute approximate surface area is 204 Å². The zero-order chi connectivity index (χ0) is 24.0. The first-order valence-corrected chi connectivity index (χ1v) is 11.9. The van der Waals surface area contributed by atoms with E-state index in [2.05, 4.69) is 70.0 Å². The minimum Gasteiger partial charge on any atom is -0.399 e. The maximum Gasteiger partial charge on any atom is 0.180 e. The first-order chi connectivity index (χ1) is 17.2. The Morgan fingerprint density at radius 2 is 1.63 bits per heavy atom. The van der Waals surface area contributed by atoms with E-state index < -0.39 is 0 Å². The Balaban J connectivity index is 1.39. The Morgan fingerprint density at radius 1 is 0.886 bits per heavy atom. The second-order valence-corrected chi connectivity index (χ2v) is 8.62. The number of aromatic amines is 1. The molecule has 2 heterocycles. The van der Waals surface area contributed by atoms with Crippen LogP contribution in [0.2, 0.25) is 0 Å². The monoisotopic (exact) mass is 464 g/mol. The van der Waals surface area contributed by atoms with Crippen LogP contribution in [-0.2, 0) is 19.4 Å². The standard InChI is InChI=1S/C27H28N8/c1-2-3-8-25-29-26(17-19-11-15-22(28)16-12-19)35(32-25)18-20-9-13-21(14-10-20)23-6-4-5-7-24(23)27-30-33-34-31-27/h4-7,9-16H,2-3,8,17-18,28H2,1H3,(H,30,31,33,34). The summed E-state index contributed by atoms with van der Waals surface area (Å²) in [5, 5.41) is 19.2. The van der Waals surface area contributed by atoms with Crippen molar-refractivity contribution in [2.75, 3.05) is 5.73 Å². The predicted octanol–water partition coefficient (Wildman–Crippen LogP) is 4.69. The lowest BCUT2D eigenvalue weighted by molar-refractivity contribution is 0.635. The zero-order valence-electron chi connectivity index (χ0n) is 19.7. The largest absolute Gasteiger partial charge is 0.399 e. The lowest BCUT2D eigenvalue weighted by Crippen LogP contribution is -2.08. The van der Waals surface area contributed by atoms with Crippen LogP contribution in [0.15, 0.2) is 72.8 Å². The summed E-state index contributed by atoms with van der Waals surface area (Å²) >= 11 is 0. The summed E-state index contributed by atoms with van der Waals surface area (Å²) in [5.41, 5.74) is 12.1. The second kappa shape index (κ2) is 10.3. The SMILES string of the molecule is CCCCc1nc(Cc2ccc(N)cc2)n(Cc2ccc(-c3ccccc3-c3nnn[nH]3)cc2)n1. The van der Waals surface area contributed by atoms with Crippen molar-refractivity contribution < 1.29 is 0 Å². The van der Waals surface area contributed by atoms with Crippen molar-refractivity contribution >= 4 is 5.69 Å². The molecule has 176 valence electrons. The second-order valence-electron chi connectivity index (χ2n) is 8.62. The van der Waals surface area contributed by atoms with Crippen LogP contribution in [-0.4, -0.2) is 35.4 Å². The highest BCUT2D eigenvalue weighted by Gasteiger charge is 2.13. The number of benzene rings is 3. The van der Waals surface area contributed by atoms with Gasteiger partial charge in [0.25, 0.3) is 0 Å². The Morgan fingerprint density at radius 3 is 2.34 bits per heavy atom. The van der Waals surface area contributed by atoms with Gasteiger partial charge in [-0.3, -0.25) is 0 Å². The maximum absolute atomic E-state index is 5.86. The minimum absolute atomic E-state index is 0.652. The molecule has 0 amide bonds. The Kier molecular flexibility index (Phi) is 6.61. The molecule has 8 nitrogen and oxygen atoms in total. The smallest absolute Gasteiger partial charge is 0.180 e. The quantitative estimate of drug-likeness (QED) is 0.306. The number of tetrazole rings is 1. The molecule has 0 fully saturated rings. The molecule has 0 unspecified atom stereocenters. The molecule has 35 heavy (non-hydrogen) atoms. The van der Waals surface area contributed by atoms with E-state index in [1.807, 2.05) is 35.0 Å². The highest BCUT2D eigenvalue weighted by molar-refractivity contribution is 5.80. The fraction of sp³-hybridized carbons (Fsp3) is 0.222. The average Bonchev–Trinajstić information content (AvgIpc) is 3.55. The van der Waals surface area contributed by atoms with Gasteiger partial charge in [-0.2, -0.15) is 5.10 Å². The average molecular weight is 465 g/mol. The van der Waals surface area contributed by atoms with Crippen LogP contribution in [0.25, 0.3) is 22.5 Å². The van der Waals surface area contributed by atoms with Gasteiger partial charge in [-0.15, -0.1) is 5.10 Å². The van der Waals surface area contributed by atoms with Crippen LogP contribution in [0.1, 0.15) is 42.5 Å². The van der Waals surface area contributed by atoms with Crippen LogP contribution in [0.5, 0.6) is 0 Å². The van der Waals surface area contributed by atoms with Gasteiger partial charge < -0.3 is 5.73 Å². The van der Waals surface area contributed by atoms with E-state index in [-0.39, 0.29) is 0 Å². The molecule has 0 spiro atoms. The van der Waals surface area contributed by atoms with Gasteiger partial charge in [-0.05, 0) is 51.2 Å². The van der Waals surface area contributed by atoms with Crippen molar-refractivity contribution in [2.24, 2.45) is 0 Å². The van der Waals surface area contributed by atoms with Crippen molar-refractivity contribution in [3.05, 3.63) is 95.6 Å².